The first kappa shape index (κ1) is 43.1. The van der Waals surface area contributed by atoms with E-state index in [1.165, 1.54) is 22.3 Å². The Morgan fingerprint density at radius 1 is 0.297 bits per heavy atom. The Balaban J connectivity index is 1.17. The Labute approximate surface area is 431 Å². The molecule has 0 saturated heterocycles. The van der Waals surface area contributed by atoms with Gasteiger partial charge in [-0.1, -0.05) is 237 Å². The number of furan rings is 1. The summed E-state index contributed by atoms with van der Waals surface area (Å²) in [5.74, 6) is 0. The molecule has 12 aromatic carbocycles. The fourth-order valence-electron chi connectivity index (χ4n) is 12.0. The number of hydrogen-bond acceptors (Lipinski definition) is 3. The molecule has 13 aromatic rings. The first-order valence-corrected chi connectivity index (χ1v) is 25.4. The highest BCUT2D eigenvalue weighted by Gasteiger charge is 2.50. The maximum Gasteiger partial charge on any atom is 0.145 e. The van der Waals surface area contributed by atoms with E-state index in [1.807, 2.05) is 0 Å². The van der Waals surface area contributed by atoms with Crippen molar-refractivity contribution in [3.05, 3.63) is 313 Å². The van der Waals surface area contributed by atoms with Crippen LogP contribution in [0.15, 0.2) is 296 Å². The van der Waals surface area contributed by atoms with Crippen LogP contribution < -0.4 is 9.80 Å². The summed E-state index contributed by atoms with van der Waals surface area (Å²) in [5.41, 5.74) is 18.8. The van der Waals surface area contributed by atoms with Crippen molar-refractivity contribution in [2.75, 3.05) is 9.80 Å². The first-order valence-electron chi connectivity index (χ1n) is 25.4. The zero-order valence-electron chi connectivity index (χ0n) is 40.5. The van der Waals surface area contributed by atoms with Gasteiger partial charge in [-0.05, 0) is 98.9 Å². The Bertz CT molecular complexity index is 4130. The lowest BCUT2D eigenvalue weighted by Gasteiger charge is -2.36. The van der Waals surface area contributed by atoms with Crippen molar-refractivity contribution in [2.24, 2.45) is 0 Å². The Hall–Kier alpha value is -9.70. The standard InChI is InChI=1S/C71H48N2O/c1-7-27-49(28-8-1)55-39-21-24-44-62(55)72(53-35-15-5-16-36-53)64-47-60-67(58-42-20-19-41-57(58)64)69-61(71(60,51-31-11-3-12-32-51)52-33-13-4-14-34-52)48-65(68-59-43-23-26-46-66(59)74-70(68)69)73(54-37-17-6-18-38-54)63-45-25-22-40-56(63)50-29-9-2-10-30-50/h1-48H. The quantitative estimate of drug-likeness (QED) is 0.136. The van der Waals surface area contributed by atoms with Gasteiger partial charge in [-0.15, -0.1) is 0 Å². The summed E-state index contributed by atoms with van der Waals surface area (Å²) in [6, 6.07) is 106. The zero-order chi connectivity index (χ0) is 49.0. The van der Waals surface area contributed by atoms with E-state index in [0.717, 1.165) is 100 Å². The molecule has 1 aliphatic carbocycles. The second-order valence-electron chi connectivity index (χ2n) is 19.1. The van der Waals surface area contributed by atoms with E-state index >= 15 is 0 Å². The third-order valence-electron chi connectivity index (χ3n) is 15.1. The minimum absolute atomic E-state index is 0.837. The highest BCUT2D eigenvalue weighted by atomic mass is 16.3. The molecular weight excluding hydrogens is 897 g/mol. The molecule has 0 saturated carbocycles. The first-order chi connectivity index (χ1) is 36.8. The third kappa shape index (κ3) is 6.75. The van der Waals surface area contributed by atoms with E-state index < -0.39 is 5.41 Å². The molecule has 0 unspecified atom stereocenters. The van der Waals surface area contributed by atoms with Crippen molar-refractivity contribution in [2.45, 2.75) is 5.41 Å². The van der Waals surface area contributed by atoms with Gasteiger partial charge in [0.2, 0.25) is 0 Å². The van der Waals surface area contributed by atoms with Crippen LogP contribution >= 0.6 is 0 Å². The van der Waals surface area contributed by atoms with Crippen LogP contribution in [0.4, 0.5) is 34.1 Å². The van der Waals surface area contributed by atoms with Crippen molar-refractivity contribution in [1.82, 2.24) is 0 Å². The molecule has 3 heteroatoms. The smallest absolute Gasteiger partial charge is 0.145 e. The van der Waals surface area contributed by atoms with Gasteiger partial charge in [0.15, 0.2) is 0 Å². The van der Waals surface area contributed by atoms with Crippen molar-refractivity contribution in [1.29, 1.82) is 0 Å². The average Bonchev–Trinajstić information content (AvgIpc) is 4.10. The fraction of sp³-hybridized carbons (Fsp3) is 0.0141. The van der Waals surface area contributed by atoms with Crippen LogP contribution in [-0.2, 0) is 5.41 Å². The van der Waals surface area contributed by atoms with E-state index in [-0.39, 0.29) is 0 Å². The lowest BCUT2D eigenvalue weighted by molar-refractivity contribution is 0.669. The van der Waals surface area contributed by atoms with Crippen molar-refractivity contribution in [3.8, 4) is 33.4 Å². The summed E-state index contributed by atoms with van der Waals surface area (Å²) in [6.07, 6.45) is 0. The van der Waals surface area contributed by atoms with Crippen LogP contribution in [0, 0.1) is 0 Å². The van der Waals surface area contributed by atoms with Crippen LogP contribution in [0.5, 0.6) is 0 Å². The topological polar surface area (TPSA) is 19.6 Å². The SMILES string of the molecule is c1ccc(-c2ccccc2N(c2ccccc2)c2cc3c(c4ccccc24)-c2c(cc(N(c4ccccc4)c4ccccc4-c4ccccc4)c4c2oc2ccccc24)C3(c2ccccc2)c2ccccc2)cc1. The lowest BCUT2D eigenvalue weighted by Crippen LogP contribution is -2.29. The highest BCUT2D eigenvalue weighted by Crippen LogP contribution is 2.64. The van der Waals surface area contributed by atoms with Crippen molar-refractivity contribution < 1.29 is 4.42 Å². The predicted molar refractivity (Wildman–Crippen MR) is 309 cm³/mol. The summed E-state index contributed by atoms with van der Waals surface area (Å²) >= 11 is 0. The lowest BCUT2D eigenvalue weighted by atomic mass is 9.67. The molecule has 0 fully saturated rings. The molecule has 1 aromatic heterocycles. The zero-order valence-corrected chi connectivity index (χ0v) is 40.5. The maximum atomic E-state index is 7.49. The molecular formula is C71H48N2O. The predicted octanol–water partition coefficient (Wildman–Crippen LogP) is 19.4. The molecule has 0 radical (unpaired) electrons. The van der Waals surface area contributed by atoms with Crippen LogP contribution in [0.25, 0.3) is 66.1 Å². The van der Waals surface area contributed by atoms with Crippen LogP contribution in [0.3, 0.4) is 0 Å². The van der Waals surface area contributed by atoms with E-state index in [1.54, 1.807) is 0 Å². The van der Waals surface area contributed by atoms with Gasteiger partial charge in [0.1, 0.15) is 11.2 Å². The minimum atomic E-state index is -0.837. The molecule has 74 heavy (non-hydrogen) atoms. The molecule has 3 nitrogen and oxygen atoms in total. The number of fused-ring (bicyclic) bond motifs is 9. The number of rotatable bonds is 10. The Kier molecular flexibility index (Phi) is 10.4. The van der Waals surface area contributed by atoms with E-state index in [4.69, 9.17) is 4.42 Å². The van der Waals surface area contributed by atoms with Gasteiger partial charge in [0.25, 0.3) is 0 Å². The van der Waals surface area contributed by atoms with Gasteiger partial charge < -0.3 is 14.2 Å². The second-order valence-corrected chi connectivity index (χ2v) is 19.1. The second kappa shape index (κ2) is 17.9. The van der Waals surface area contributed by atoms with E-state index in [0.29, 0.717) is 0 Å². The molecule has 0 spiro atoms. The van der Waals surface area contributed by atoms with Crippen molar-refractivity contribution >= 4 is 66.8 Å². The van der Waals surface area contributed by atoms with Crippen molar-refractivity contribution in [3.63, 3.8) is 0 Å². The molecule has 0 amide bonds. The number of anilines is 6. The van der Waals surface area contributed by atoms with E-state index in [9.17, 15) is 0 Å². The van der Waals surface area contributed by atoms with Gasteiger partial charge in [-0.25, -0.2) is 0 Å². The summed E-state index contributed by atoms with van der Waals surface area (Å²) in [5, 5.41) is 4.41. The number of para-hydroxylation sites is 5. The van der Waals surface area contributed by atoms with E-state index in [2.05, 4.69) is 301 Å². The molecule has 0 atom stereocenters. The summed E-state index contributed by atoms with van der Waals surface area (Å²) < 4.78 is 7.49. The van der Waals surface area contributed by atoms with Gasteiger partial charge in [0.05, 0.1) is 33.6 Å². The molecule has 0 bridgehead atoms. The molecule has 348 valence electrons. The summed E-state index contributed by atoms with van der Waals surface area (Å²) in [7, 11) is 0. The van der Waals surface area contributed by atoms with Crippen LogP contribution in [0.2, 0.25) is 0 Å². The normalized spacial score (nSPS) is 12.4. The Morgan fingerprint density at radius 3 is 1.23 bits per heavy atom. The summed E-state index contributed by atoms with van der Waals surface area (Å²) in [4.78, 5) is 4.95. The largest absolute Gasteiger partial charge is 0.455 e. The average molecular weight is 945 g/mol. The number of hydrogen-bond donors (Lipinski definition) is 0. The molecule has 0 N–H and O–H groups in total. The van der Waals surface area contributed by atoms with Gasteiger partial charge in [0, 0.05) is 38.8 Å². The highest BCUT2D eigenvalue weighted by molar-refractivity contribution is 6.23. The van der Waals surface area contributed by atoms with Crippen LogP contribution in [0.1, 0.15) is 22.3 Å². The Morgan fingerprint density at radius 2 is 0.689 bits per heavy atom. The van der Waals surface area contributed by atoms with Gasteiger partial charge in [-0.3, -0.25) is 0 Å². The fourth-order valence-corrected chi connectivity index (χ4v) is 12.0. The summed E-state index contributed by atoms with van der Waals surface area (Å²) in [6.45, 7) is 0. The van der Waals surface area contributed by atoms with Gasteiger partial charge >= 0.3 is 0 Å². The van der Waals surface area contributed by atoms with Crippen LogP contribution in [-0.4, -0.2) is 0 Å². The molecule has 14 rings (SSSR count). The number of benzene rings is 12. The number of nitrogens with zero attached hydrogens (tertiary/aromatic N) is 2. The minimum Gasteiger partial charge on any atom is -0.455 e. The maximum absolute atomic E-state index is 7.49. The molecule has 1 heterocycles. The molecule has 0 aliphatic heterocycles. The third-order valence-corrected chi connectivity index (χ3v) is 15.1. The van der Waals surface area contributed by atoms with Gasteiger partial charge in [-0.2, -0.15) is 0 Å². The monoisotopic (exact) mass is 944 g/mol. The molecule has 1 aliphatic rings.